The number of nitrogen functional groups attached to an aromatic ring is 1. The minimum absolute atomic E-state index is 0.0832. The Balaban J connectivity index is 2.17. The number of carbonyl (C=O) groups excluding carboxylic acids is 1. The maximum Gasteiger partial charge on any atom is 0.256 e. The molecule has 21 heavy (non-hydrogen) atoms. The van der Waals surface area contributed by atoms with E-state index >= 15 is 0 Å². The van der Waals surface area contributed by atoms with Crippen LogP contribution in [-0.4, -0.2) is 23.9 Å². The normalized spacial score (nSPS) is 18.5. The summed E-state index contributed by atoms with van der Waals surface area (Å²) in [4.78, 5) is 14.2. The van der Waals surface area contributed by atoms with Crippen LogP contribution >= 0.6 is 0 Å². The van der Waals surface area contributed by atoms with Crippen molar-refractivity contribution in [1.82, 2.24) is 4.90 Å². The van der Waals surface area contributed by atoms with Gasteiger partial charge < -0.3 is 10.6 Å². The molecule has 0 aliphatic heterocycles. The fourth-order valence-corrected chi connectivity index (χ4v) is 3.08. The summed E-state index contributed by atoms with van der Waals surface area (Å²) in [5.41, 5.74) is 7.01. The maximum atomic E-state index is 14.2. The second-order valence-electron chi connectivity index (χ2n) is 7.01. The Morgan fingerprint density at radius 1 is 1.33 bits per heavy atom. The first-order valence-corrected chi connectivity index (χ1v) is 7.54. The molecule has 116 valence electrons. The van der Waals surface area contributed by atoms with Crippen LogP contribution in [0.15, 0.2) is 12.1 Å². The van der Waals surface area contributed by atoms with Crippen LogP contribution in [0.2, 0.25) is 0 Å². The van der Waals surface area contributed by atoms with Crippen LogP contribution in [0, 0.1) is 18.2 Å². The number of aryl methyl sites for hydroxylation is 1. The second-order valence-corrected chi connectivity index (χ2v) is 7.01. The molecule has 1 aromatic carbocycles. The predicted octanol–water partition coefficient (Wildman–Crippen LogP) is 3.76. The molecule has 0 radical (unpaired) electrons. The van der Waals surface area contributed by atoms with Crippen molar-refractivity contribution >= 4 is 11.6 Å². The number of nitrogens with two attached hydrogens (primary N) is 1. The van der Waals surface area contributed by atoms with Crippen molar-refractivity contribution in [2.75, 3.05) is 12.8 Å². The van der Waals surface area contributed by atoms with Crippen molar-refractivity contribution in [1.29, 1.82) is 0 Å². The Morgan fingerprint density at radius 3 is 2.48 bits per heavy atom. The van der Waals surface area contributed by atoms with Crippen LogP contribution in [0.25, 0.3) is 0 Å². The maximum absolute atomic E-state index is 14.2. The summed E-state index contributed by atoms with van der Waals surface area (Å²) in [6.07, 6.45) is 4.12. The zero-order valence-electron chi connectivity index (χ0n) is 13.4. The fourth-order valence-electron chi connectivity index (χ4n) is 3.08. The molecule has 0 atom stereocenters. The number of rotatable bonds is 2. The van der Waals surface area contributed by atoms with Gasteiger partial charge in [0.1, 0.15) is 5.82 Å². The lowest BCUT2D eigenvalue weighted by atomic mass is 9.75. The first-order valence-electron chi connectivity index (χ1n) is 7.54. The lowest BCUT2D eigenvalue weighted by Crippen LogP contribution is -2.41. The Morgan fingerprint density at radius 2 is 1.90 bits per heavy atom. The molecule has 0 saturated heterocycles. The molecule has 0 unspecified atom stereocenters. The Kier molecular flexibility index (Phi) is 4.26. The molecule has 1 saturated carbocycles. The molecular formula is C17H25FN2O. The third-order valence-corrected chi connectivity index (χ3v) is 4.68. The van der Waals surface area contributed by atoms with Gasteiger partial charge in [-0.1, -0.05) is 13.8 Å². The zero-order chi connectivity index (χ0) is 15.8. The molecule has 0 spiro atoms. The van der Waals surface area contributed by atoms with E-state index in [0.29, 0.717) is 16.7 Å². The van der Waals surface area contributed by atoms with Crippen molar-refractivity contribution in [2.45, 2.75) is 52.5 Å². The molecule has 1 fully saturated rings. The van der Waals surface area contributed by atoms with E-state index in [1.54, 1.807) is 24.9 Å². The minimum atomic E-state index is -0.461. The largest absolute Gasteiger partial charge is 0.399 e. The SMILES string of the molecule is Cc1cc(N)cc(C(=O)N(C)C2CCC(C)(C)CC2)c1F. The zero-order valence-corrected chi connectivity index (χ0v) is 13.4. The van der Waals surface area contributed by atoms with Crippen molar-refractivity contribution in [3.05, 3.63) is 29.1 Å². The third-order valence-electron chi connectivity index (χ3n) is 4.68. The standard InChI is InChI=1S/C17H25FN2O/c1-11-9-12(19)10-14(15(11)18)16(21)20(4)13-5-7-17(2,3)8-6-13/h9-10,13H,5-8,19H2,1-4H3. The highest BCUT2D eigenvalue weighted by molar-refractivity contribution is 5.95. The highest BCUT2D eigenvalue weighted by atomic mass is 19.1. The summed E-state index contributed by atoms with van der Waals surface area (Å²) in [7, 11) is 1.77. The number of halogens is 1. The van der Waals surface area contributed by atoms with Crippen LogP contribution < -0.4 is 5.73 Å². The van der Waals surface area contributed by atoms with E-state index in [-0.39, 0.29) is 17.5 Å². The van der Waals surface area contributed by atoms with Crippen LogP contribution in [0.5, 0.6) is 0 Å². The van der Waals surface area contributed by atoms with E-state index in [4.69, 9.17) is 5.73 Å². The van der Waals surface area contributed by atoms with Crippen LogP contribution in [0.4, 0.5) is 10.1 Å². The van der Waals surface area contributed by atoms with Gasteiger partial charge >= 0.3 is 0 Å². The topological polar surface area (TPSA) is 46.3 Å². The molecule has 1 amide bonds. The number of anilines is 1. The van der Waals surface area contributed by atoms with Crippen molar-refractivity contribution in [3.63, 3.8) is 0 Å². The quantitative estimate of drug-likeness (QED) is 0.844. The van der Waals surface area contributed by atoms with E-state index in [9.17, 15) is 9.18 Å². The second kappa shape index (κ2) is 5.66. The van der Waals surface area contributed by atoms with Gasteiger partial charge in [0.25, 0.3) is 5.91 Å². The molecule has 2 rings (SSSR count). The Labute approximate surface area is 126 Å². The third kappa shape index (κ3) is 3.36. The number of benzene rings is 1. The van der Waals surface area contributed by atoms with Crippen LogP contribution in [-0.2, 0) is 0 Å². The van der Waals surface area contributed by atoms with Gasteiger partial charge in [-0.25, -0.2) is 4.39 Å². The minimum Gasteiger partial charge on any atom is -0.399 e. The molecule has 1 aromatic rings. The number of amides is 1. The summed E-state index contributed by atoms with van der Waals surface area (Å²) in [5.74, 6) is -0.732. The van der Waals surface area contributed by atoms with Gasteiger partial charge in [-0.05, 0) is 55.7 Å². The molecule has 0 bridgehead atoms. The molecule has 1 aliphatic rings. The number of nitrogens with zero attached hydrogens (tertiary/aromatic N) is 1. The smallest absolute Gasteiger partial charge is 0.256 e. The molecule has 0 heterocycles. The highest BCUT2D eigenvalue weighted by Crippen LogP contribution is 2.37. The Hall–Kier alpha value is -1.58. The fraction of sp³-hybridized carbons (Fsp3) is 0.588. The van der Waals surface area contributed by atoms with Gasteiger partial charge in [-0.2, -0.15) is 0 Å². The molecule has 0 aromatic heterocycles. The number of carbonyl (C=O) groups is 1. The van der Waals surface area contributed by atoms with Crippen molar-refractivity contribution < 1.29 is 9.18 Å². The summed E-state index contributed by atoms with van der Waals surface area (Å²) in [5, 5.41) is 0. The Bertz CT molecular complexity index is 544. The van der Waals surface area contributed by atoms with E-state index < -0.39 is 5.82 Å². The number of hydrogen-bond donors (Lipinski definition) is 1. The first-order chi connectivity index (χ1) is 9.71. The van der Waals surface area contributed by atoms with E-state index in [0.717, 1.165) is 25.7 Å². The monoisotopic (exact) mass is 292 g/mol. The lowest BCUT2D eigenvalue weighted by molar-refractivity contribution is 0.0630. The van der Waals surface area contributed by atoms with E-state index in [1.807, 2.05) is 0 Å². The van der Waals surface area contributed by atoms with Crippen LogP contribution in [0.1, 0.15) is 55.5 Å². The summed E-state index contributed by atoms with van der Waals surface area (Å²) >= 11 is 0. The summed E-state index contributed by atoms with van der Waals surface area (Å²) in [6.45, 7) is 6.14. The van der Waals surface area contributed by atoms with Gasteiger partial charge in [0.2, 0.25) is 0 Å². The average molecular weight is 292 g/mol. The molecule has 4 heteroatoms. The van der Waals surface area contributed by atoms with Gasteiger partial charge in [-0.15, -0.1) is 0 Å². The average Bonchev–Trinajstić information content (AvgIpc) is 2.41. The highest BCUT2D eigenvalue weighted by Gasteiger charge is 2.31. The van der Waals surface area contributed by atoms with Crippen molar-refractivity contribution in [2.24, 2.45) is 5.41 Å². The molecule has 2 N–H and O–H groups in total. The summed E-state index contributed by atoms with van der Waals surface area (Å²) in [6, 6.07) is 3.18. The van der Waals surface area contributed by atoms with Gasteiger partial charge in [-0.3, -0.25) is 4.79 Å². The van der Waals surface area contributed by atoms with Crippen LogP contribution in [0.3, 0.4) is 0 Å². The molecule has 1 aliphatic carbocycles. The van der Waals surface area contributed by atoms with E-state index in [1.165, 1.54) is 6.07 Å². The molecular weight excluding hydrogens is 267 g/mol. The number of hydrogen-bond acceptors (Lipinski definition) is 2. The first kappa shape index (κ1) is 15.8. The van der Waals surface area contributed by atoms with Crippen molar-refractivity contribution in [3.8, 4) is 0 Å². The van der Waals surface area contributed by atoms with E-state index in [2.05, 4.69) is 13.8 Å². The lowest BCUT2D eigenvalue weighted by Gasteiger charge is -2.38. The molecule has 3 nitrogen and oxygen atoms in total. The predicted molar refractivity (Wildman–Crippen MR) is 83.7 cm³/mol. The van der Waals surface area contributed by atoms with Gasteiger partial charge in [0.05, 0.1) is 5.56 Å². The van der Waals surface area contributed by atoms with Gasteiger partial charge in [0.15, 0.2) is 0 Å². The summed E-state index contributed by atoms with van der Waals surface area (Å²) < 4.78 is 14.2. The van der Waals surface area contributed by atoms with Gasteiger partial charge in [0, 0.05) is 18.8 Å².